The highest BCUT2D eigenvalue weighted by Crippen LogP contribution is 2.41. The molecular weight excluding hydrogens is 368 g/mol. The number of nitro groups is 1. The Morgan fingerprint density at radius 3 is 2.69 bits per heavy atom. The molecule has 1 N–H and O–H groups in total. The number of nitro benzene ring substituents is 1. The van der Waals surface area contributed by atoms with Crippen LogP contribution in [0.4, 0.5) is 10.5 Å². The molecule has 0 aromatic heterocycles. The third-order valence-corrected chi connectivity index (χ3v) is 4.19. The number of esters is 1. The molecule has 0 saturated carbocycles. The number of phenolic OH excluding ortho intramolecular Hbond substituents is 1. The molecule has 10 nitrogen and oxygen atoms in total. The van der Waals surface area contributed by atoms with E-state index in [1.54, 1.807) is 6.92 Å². The van der Waals surface area contributed by atoms with Crippen LogP contribution in [0.3, 0.4) is 0 Å². The number of aromatic hydroxyl groups is 1. The van der Waals surface area contributed by atoms with Crippen LogP contribution in [0.5, 0.6) is 11.5 Å². The molecule has 2 amide bonds. The lowest BCUT2D eigenvalue weighted by atomic mass is 10.1. The summed E-state index contributed by atoms with van der Waals surface area (Å²) in [4.78, 5) is 46.9. The van der Waals surface area contributed by atoms with Crippen LogP contribution in [0.25, 0.3) is 6.08 Å². The van der Waals surface area contributed by atoms with Crippen LogP contribution < -0.4 is 4.74 Å². The molecule has 138 valence electrons. The van der Waals surface area contributed by atoms with Gasteiger partial charge in [-0.2, -0.15) is 0 Å². The Bertz CT molecular complexity index is 820. The van der Waals surface area contributed by atoms with Gasteiger partial charge in [-0.05, 0) is 36.9 Å². The van der Waals surface area contributed by atoms with Crippen LogP contribution in [0.15, 0.2) is 17.0 Å². The first-order chi connectivity index (χ1) is 12.3. The number of imide groups is 1. The van der Waals surface area contributed by atoms with E-state index in [4.69, 9.17) is 9.47 Å². The minimum absolute atomic E-state index is 0.0358. The van der Waals surface area contributed by atoms with Gasteiger partial charge in [0.1, 0.15) is 6.54 Å². The van der Waals surface area contributed by atoms with Crippen molar-refractivity contribution in [1.82, 2.24) is 4.90 Å². The Labute approximate surface area is 151 Å². The Morgan fingerprint density at radius 1 is 1.42 bits per heavy atom. The maximum Gasteiger partial charge on any atom is 0.326 e. The summed E-state index contributed by atoms with van der Waals surface area (Å²) in [7, 11) is 1.15. The van der Waals surface area contributed by atoms with E-state index < -0.39 is 40.0 Å². The molecule has 1 aliphatic heterocycles. The van der Waals surface area contributed by atoms with E-state index in [-0.39, 0.29) is 22.8 Å². The molecular formula is C15H14N2O8S. The van der Waals surface area contributed by atoms with Gasteiger partial charge in [-0.1, -0.05) is 0 Å². The molecule has 1 heterocycles. The Balaban J connectivity index is 2.39. The Kier molecular flexibility index (Phi) is 5.82. The van der Waals surface area contributed by atoms with Crippen molar-refractivity contribution in [3.63, 3.8) is 0 Å². The quantitative estimate of drug-likeness (QED) is 0.338. The number of rotatable bonds is 6. The first-order valence-electron chi connectivity index (χ1n) is 7.25. The molecule has 11 heteroatoms. The number of hydrogen-bond acceptors (Lipinski definition) is 9. The predicted molar refractivity (Wildman–Crippen MR) is 90.6 cm³/mol. The summed E-state index contributed by atoms with van der Waals surface area (Å²) < 4.78 is 9.54. The van der Waals surface area contributed by atoms with Crippen molar-refractivity contribution in [2.45, 2.75) is 6.92 Å². The van der Waals surface area contributed by atoms with E-state index in [0.717, 1.165) is 13.2 Å². The van der Waals surface area contributed by atoms with E-state index in [1.165, 1.54) is 12.1 Å². The second-order valence-corrected chi connectivity index (χ2v) is 5.88. The van der Waals surface area contributed by atoms with Crippen LogP contribution >= 0.6 is 11.8 Å². The van der Waals surface area contributed by atoms with Crippen molar-refractivity contribution in [2.75, 3.05) is 20.3 Å². The minimum Gasteiger partial charge on any atom is -0.504 e. The number of benzene rings is 1. The summed E-state index contributed by atoms with van der Waals surface area (Å²) in [5.41, 5.74) is -0.587. The number of thioether (sulfide) groups is 1. The van der Waals surface area contributed by atoms with E-state index in [0.29, 0.717) is 16.7 Å². The van der Waals surface area contributed by atoms with E-state index in [9.17, 15) is 29.6 Å². The third kappa shape index (κ3) is 3.77. The number of methoxy groups -OCH3 is 1. The highest BCUT2D eigenvalue weighted by molar-refractivity contribution is 8.18. The van der Waals surface area contributed by atoms with Gasteiger partial charge in [0, 0.05) is 0 Å². The zero-order valence-corrected chi connectivity index (χ0v) is 14.6. The maximum atomic E-state index is 12.3. The number of phenols is 1. The van der Waals surface area contributed by atoms with Gasteiger partial charge >= 0.3 is 11.7 Å². The van der Waals surface area contributed by atoms with Crippen LogP contribution in [0.1, 0.15) is 12.5 Å². The highest BCUT2D eigenvalue weighted by atomic mass is 32.2. The van der Waals surface area contributed by atoms with Crippen molar-refractivity contribution >= 4 is 40.6 Å². The van der Waals surface area contributed by atoms with Crippen molar-refractivity contribution < 1.29 is 33.9 Å². The molecule has 0 spiro atoms. The van der Waals surface area contributed by atoms with Gasteiger partial charge in [0.25, 0.3) is 11.1 Å². The van der Waals surface area contributed by atoms with Crippen LogP contribution in [-0.2, 0) is 14.3 Å². The topological polar surface area (TPSA) is 136 Å². The maximum absolute atomic E-state index is 12.3. The molecule has 1 aromatic rings. The molecule has 0 radical (unpaired) electrons. The SMILES string of the molecule is CCOC(=O)CN1C(=O)S/C(=C\c2ccc(O)c(OC)c2[N+](=O)[O-])C1=O. The monoisotopic (exact) mass is 382 g/mol. The average Bonchev–Trinajstić information content (AvgIpc) is 2.83. The molecule has 0 unspecified atom stereocenters. The van der Waals surface area contributed by atoms with E-state index in [2.05, 4.69) is 0 Å². The minimum atomic E-state index is -0.771. The molecule has 0 atom stereocenters. The second kappa shape index (κ2) is 7.87. The largest absolute Gasteiger partial charge is 0.504 e. The normalized spacial score (nSPS) is 15.5. The lowest BCUT2D eigenvalue weighted by Gasteiger charge is -2.10. The average molecular weight is 382 g/mol. The Morgan fingerprint density at radius 2 is 2.12 bits per heavy atom. The second-order valence-electron chi connectivity index (χ2n) is 4.89. The lowest BCUT2D eigenvalue weighted by Crippen LogP contribution is -2.34. The molecule has 1 aliphatic rings. The number of nitrogens with zero attached hydrogens (tertiary/aromatic N) is 2. The molecule has 1 saturated heterocycles. The summed E-state index contributed by atoms with van der Waals surface area (Å²) in [5, 5.41) is 20.3. The van der Waals surface area contributed by atoms with Crippen LogP contribution in [0, 0.1) is 10.1 Å². The van der Waals surface area contributed by atoms with Crippen molar-refractivity contribution in [2.24, 2.45) is 0 Å². The van der Waals surface area contributed by atoms with Crippen molar-refractivity contribution in [3.8, 4) is 11.5 Å². The predicted octanol–water partition coefficient (Wildman–Crippen LogP) is 1.91. The number of hydrogen-bond donors (Lipinski definition) is 1. The van der Waals surface area contributed by atoms with Gasteiger partial charge in [0.2, 0.25) is 5.75 Å². The first kappa shape index (κ1) is 19.2. The number of carbonyl (C=O) groups excluding carboxylic acids is 3. The fraction of sp³-hybridized carbons (Fsp3) is 0.267. The molecule has 1 fully saturated rings. The smallest absolute Gasteiger partial charge is 0.326 e. The summed E-state index contributed by atoms with van der Waals surface area (Å²) in [5.74, 6) is -2.32. The number of carbonyl (C=O) groups is 3. The fourth-order valence-electron chi connectivity index (χ4n) is 2.20. The van der Waals surface area contributed by atoms with Gasteiger partial charge in [-0.25, -0.2) is 0 Å². The van der Waals surface area contributed by atoms with Crippen LogP contribution in [-0.4, -0.2) is 52.3 Å². The molecule has 0 bridgehead atoms. The summed E-state index contributed by atoms with van der Waals surface area (Å²) in [6.07, 6.45) is 1.14. The number of ether oxygens (including phenoxy) is 2. The number of amides is 2. The van der Waals surface area contributed by atoms with Gasteiger partial charge in [0.15, 0.2) is 5.75 Å². The van der Waals surface area contributed by atoms with E-state index >= 15 is 0 Å². The van der Waals surface area contributed by atoms with Crippen molar-refractivity contribution in [3.05, 3.63) is 32.7 Å². The van der Waals surface area contributed by atoms with E-state index in [1.807, 2.05) is 0 Å². The molecule has 0 aliphatic carbocycles. The molecule has 26 heavy (non-hydrogen) atoms. The Hall–Kier alpha value is -3.08. The third-order valence-electron chi connectivity index (χ3n) is 3.28. The zero-order chi connectivity index (χ0) is 19.4. The van der Waals surface area contributed by atoms with Crippen LogP contribution in [0.2, 0.25) is 0 Å². The summed E-state index contributed by atoms with van der Waals surface area (Å²) in [6.45, 7) is 1.14. The fourth-order valence-corrected chi connectivity index (χ4v) is 3.02. The van der Waals surface area contributed by atoms with Gasteiger partial charge < -0.3 is 14.6 Å². The first-order valence-corrected chi connectivity index (χ1v) is 8.07. The van der Waals surface area contributed by atoms with Gasteiger partial charge in [0.05, 0.1) is 29.1 Å². The van der Waals surface area contributed by atoms with Gasteiger partial charge in [-0.15, -0.1) is 0 Å². The summed E-state index contributed by atoms with van der Waals surface area (Å²) >= 11 is 0.540. The highest BCUT2D eigenvalue weighted by Gasteiger charge is 2.37. The lowest BCUT2D eigenvalue weighted by molar-refractivity contribution is -0.386. The standard InChI is InChI=1S/C15H14N2O8S/c1-3-25-11(19)7-16-14(20)10(26-15(16)21)6-8-4-5-9(18)13(24-2)12(8)17(22)23/h4-6,18H,3,7H2,1-2H3/b10-6-. The molecule has 2 rings (SSSR count). The van der Waals surface area contributed by atoms with Gasteiger partial charge in [-0.3, -0.25) is 29.4 Å². The van der Waals surface area contributed by atoms with Crippen molar-refractivity contribution in [1.29, 1.82) is 0 Å². The molecule has 1 aromatic carbocycles. The summed E-state index contributed by atoms with van der Waals surface area (Å²) in [6, 6.07) is 2.38. The zero-order valence-electron chi connectivity index (χ0n) is 13.8.